The first kappa shape index (κ1) is 35.2. The second-order valence-corrected chi connectivity index (χ2v) is 20.0. The number of hydrogen-bond donors (Lipinski definition) is 1. The van der Waals surface area contributed by atoms with E-state index in [0.29, 0.717) is 10.1 Å². The van der Waals surface area contributed by atoms with Gasteiger partial charge in [0.15, 0.2) is 16.6 Å². The van der Waals surface area contributed by atoms with E-state index in [4.69, 9.17) is 9.22 Å². The Hall–Kier alpha value is 1.76. The number of hydrogen-bond acceptors (Lipinski definition) is 2. The van der Waals surface area contributed by atoms with Gasteiger partial charge in [0.05, 0.1) is 0 Å². The van der Waals surface area contributed by atoms with E-state index >= 15 is 0 Å². The molecule has 0 fully saturated rings. The molecule has 2 nitrogen and oxygen atoms in total. The molecule has 0 bridgehead atoms. The third-order valence-corrected chi connectivity index (χ3v) is 16.7. The van der Waals surface area contributed by atoms with E-state index in [-0.39, 0.29) is 40.5 Å². The van der Waals surface area contributed by atoms with Gasteiger partial charge in [-0.3, -0.25) is 0 Å². The fourth-order valence-electron chi connectivity index (χ4n) is 1.35. The van der Waals surface area contributed by atoms with Crippen LogP contribution in [0.15, 0.2) is 17.9 Å². The van der Waals surface area contributed by atoms with E-state index in [1.54, 1.807) is 0 Å². The molecule has 0 aromatic rings. The third-order valence-electron chi connectivity index (χ3n) is 4.94. The Kier molecular flexibility index (Phi) is 21.1. The monoisotopic (exact) mass is 646 g/mol. The fraction of sp³-hybridized carbons (Fsp3) is 0.842. The summed E-state index contributed by atoms with van der Waals surface area (Å²) < 4.78 is 7.64. The third kappa shape index (κ3) is 15.7. The van der Waals surface area contributed by atoms with Crippen LogP contribution in [-0.4, -0.2) is 32.8 Å². The molecule has 0 aliphatic heterocycles. The Labute approximate surface area is 200 Å². The molecule has 0 saturated heterocycles. The van der Waals surface area contributed by atoms with Gasteiger partial charge in [-0.25, -0.2) is 0 Å². The number of unbranched alkanes of at least 4 members (excludes halogenated alkanes) is 1. The van der Waals surface area contributed by atoms with Crippen LogP contribution in [0.2, 0.25) is 36.3 Å². The SMILES string of the molecule is CC(C)(C)[Si](C)(C)O[Si](C)(C)C(C)(C)C.I.OCCCC=C=CCI.P. The lowest BCUT2D eigenvalue weighted by Crippen LogP contribution is -2.53. The Morgan fingerprint density at radius 3 is 1.58 bits per heavy atom. The molecular formula is C19H45I2O2PSi2. The molecule has 0 spiro atoms. The molecule has 26 heavy (non-hydrogen) atoms. The lowest BCUT2D eigenvalue weighted by molar-refractivity contribution is 0.289. The highest BCUT2D eigenvalue weighted by molar-refractivity contribution is 14.1. The Balaban J connectivity index is -0.000000192. The molecule has 0 saturated carbocycles. The lowest BCUT2D eigenvalue weighted by atomic mass is 10.2. The molecule has 0 amide bonds. The summed E-state index contributed by atoms with van der Waals surface area (Å²) in [5, 5.41) is 9.01. The summed E-state index contributed by atoms with van der Waals surface area (Å²) in [6.45, 7) is 23.6. The van der Waals surface area contributed by atoms with E-state index in [1.165, 1.54) is 0 Å². The van der Waals surface area contributed by atoms with Crippen molar-refractivity contribution < 1.29 is 9.22 Å². The summed E-state index contributed by atoms with van der Waals surface area (Å²) in [6, 6.07) is 0. The van der Waals surface area contributed by atoms with Gasteiger partial charge in [-0.05, 0) is 61.3 Å². The van der Waals surface area contributed by atoms with Crippen molar-refractivity contribution >= 4 is 73.1 Å². The van der Waals surface area contributed by atoms with Crippen molar-refractivity contribution in [2.24, 2.45) is 0 Å². The number of alkyl halides is 1. The first-order valence-corrected chi connectivity index (χ1v) is 16.2. The number of aliphatic hydroxyl groups is 1. The van der Waals surface area contributed by atoms with Crippen LogP contribution in [-0.2, 0) is 4.12 Å². The van der Waals surface area contributed by atoms with E-state index in [1.807, 2.05) is 12.2 Å². The highest BCUT2D eigenvalue weighted by Crippen LogP contribution is 2.44. The maximum absolute atomic E-state index is 8.36. The van der Waals surface area contributed by atoms with Gasteiger partial charge in [-0.2, -0.15) is 9.90 Å². The predicted molar refractivity (Wildman–Crippen MR) is 150 cm³/mol. The minimum Gasteiger partial charge on any atom is -0.455 e. The van der Waals surface area contributed by atoms with Crippen molar-refractivity contribution in [2.75, 3.05) is 11.0 Å². The van der Waals surface area contributed by atoms with Crippen molar-refractivity contribution in [1.82, 2.24) is 0 Å². The van der Waals surface area contributed by atoms with Crippen LogP contribution in [0.1, 0.15) is 54.4 Å². The Morgan fingerprint density at radius 1 is 0.923 bits per heavy atom. The van der Waals surface area contributed by atoms with Gasteiger partial charge in [-0.1, -0.05) is 64.1 Å². The zero-order valence-corrected chi connectivity index (χ0v) is 26.7. The molecule has 0 radical (unpaired) electrons. The summed E-state index contributed by atoms with van der Waals surface area (Å²) in [5.74, 6) is 0. The lowest BCUT2D eigenvalue weighted by Gasteiger charge is -2.47. The van der Waals surface area contributed by atoms with Crippen molar-refractivity contribution in [2.45, 2.75) is 90.6 Å². The zero-order valence-electron chi connectivity index (χ0n) is 18.8. The second kappa shape index (κ2) is 15.6. The van der Waals surface area contributed by atoms with Gasteiger partial charge >= 0.3 is 0 Å². The molecule has 0 aliphatic rings. The second-order valence-electron chi connectivity index (χ2n) is 9.22. The quantitative estimate of drug-likeness (QED) is 0.0805. The average molecular weight is 647 g/mol. The molecule has 0 rings (SSSR count). The first-order chi connectivity index (χ1) is 10.6. The molecule has 160 valence electrons. The molecule has 0 aliphatic carbocycles. The van der Waals surface area contributed by atoms with E-state index in [0.717, 1.165) is 17.3 Å². The molecule has 0 aromatic carbocycles. The summed E-state index contributed by atoms with van der Waals surface area (Å²) in [7, 11) is -3.18. The van der Waals surface area contributed by atoms with Crippen LogP contribution in [0.5, 0.6) is 0 Å². The van der Waals surface area contributed by atoms with Crippen molar-refractivity contribution in [3.63, 3.8) is 0 Å². The van der Waals surface area contributed by atoms with Gasteiger partial charge in [-0.15, -0.1) is 29.7 Å². The van der Waals surface area contributed by atoms with Crippen molar-refractivity contribution in [1.29, 1.82) is 0 Å². The minimum absolute atomic E-state index is 0. The van der Waals surface area contributed by atoms with Gasteiger partial charge < -0.3 is 9.22 Å². The number of rotatable bonds is 6. The van der Waals surface area contributed by atoms with E-state index in [2.05, 4.69) is 96.1 Å². The molecule has 7 heteroatoms. The van der Waals surface area contributed by atoms with Crippen molar-refractivity contribution in [3.05, 3.63) is 17.9 Å². The fourth-order valence-corrected chi connectivity index (χ4v) is 9.16. The van der Waals surface area contributed by atoms with Crippen molar-refractivity contribution in [3.8, 4) is 0 Å². The van der Waals surface area contributed by atoms with Crippen LogP contribution >= 0.6 is 56.5 Å². The molecule has 1 atom stereocenters. The molecule has 0 heterocycles. The predicted octanol–water partition coefficient (Wildman–Crippen LogP) is 7.59. The van der Waals surface area contributed by atoms with Gasteiger partial charge in [0.2, 0.25) is 0 Å². The molecular weight excluding hydrogens is 601 g/mol. The van der Waals surface area contributed by atoms with E-state index in [9.17, 15) is 0 Å². The highest BCUT2D eigenvalue weighted by Gasteiger charge is 2.46. The minimum atomic E-state index is -1.59. The normalized spacial score (nSPS) is 11.8. The molecule has 1 N–H and O–H groups in total. The first-order valence-electron chi connectivity index (χ1n) is 8.89. The highest BCUT2D eigenvalue weighted by atomic mass is 127. The average Bonchev–Trinajstić information content (AvgIpc) is 2.35. The maximum Gasteiger partial charge on any atom is 0.178 e. The molecule has 1 unspecified atom stereocenters. The van der Waals surface area contributed by atoms with Crippen LogP contribution in [0.25, 0.3) is 0 Å². The standard InChI is InChI=1S/C12H30OSi2.C7H11IO.HI.H3P/c1-11(2,3)14(7,8)13-15(9,10)12(4,5)6;8-6-4-2-1-3-5-7-9;;/h1-10H3;1,4,9H,3,5-7H2;1H;1H3. The van der Waals surface area contributed by atoms with Crippen LogP contribution in [0.3, 0.4) is 0 Å². The van der Waals surface area contributed by atoms with Gasteiger partial charge in [0, 0.05) is 11.0 Å². The van der Waals surface area contributed by atoms with Crippen LogP contribution in [0, 0.1) is 0 Å². The zero-order chi connectivity index (χ0) is 19.7. The summed E-state index contributed by atoms with van der Waals surface area (Å²) in [6.07, 6.45) is 5.71. The van der Waals surface area contributed by atoms with Gasteiger partial charge in [0.25, 0.3) is 0 Å². The topological polar surface area (TPSA) is 29.5 Å². The Bertz CT molecular complexity index is 385. The van der Waals surface area contributed by atoms with Crippen LogP contribution in [0.4, 0.5) is 0 Å². The van der Waals surface area contributed by atoms with E-state index < -0.39 is 16.6 Å². The smallest absolute Gasteiger partial charge is 0.178 e. The largest absolute Gasteiger partial charge is 0.455 e. The molecule has 0 aromatic heterocycles. The number of aliphatic hydroxyl groups excluding tert-OH is 1. The number of halogens is 2. The van der Waals surface area contributed by atoms with Gasteiger partial charge in [0.1, 0.15) is 0 Å². The van der Waals surface area contributed by atoms with Crippen LogP contribution < -0.4 is 0 Å². The summed E-state index contributed by atoms with van der Waals surface area (Å²) >= 11 is 2.26. The maximum atomic E-state index is 8.36. The summed E-state index contributed by atoms with van der Waals surface area (Å²) in [5.41, 5.74) is 3.00. The Morgan fingerprint density at radius 2 is 1.31 bits per heavy atom. The number of allylic oxidation sites excluding steroid dienone is 1. The summed E-state index contributed by atoms with van der Waals surface area (Å²) in [4.78, 5) is 0.